The first kappa shape index (κ1) is 20.0. The Labute approximate surface area is 173 Å². The number of thiophene rings is 1. The lowest BCUT2D eigenvalue weighted by molar-refractivity contribution is -0.155. The second kappa shape index (κ2) is 8.19. The fraction of sp³-hybridized carbons (Fsp3) is 0.292. The normalized spacial score (nSPS) is 22.1. The Hall–Kier alpha value is -2.34. The number of rotatable bonds is 4. The molecule has 1 unspecified atom stereocenters. The van der Waals surface area contributed by atoms with Crippen molar-refractivity contribution in [2.75, 3.05) is 0 Å². The summed E-state index contributed by atoms with van der Waals surface area (Å²) in [6.45, 7) is 3.77. The molecule has 0 radical (unpaired) electrons. The van der Waals surface area contributed by atoms with Crippen molar-refractivity contribution in [2.45, 2.75) is 45.0 Å². The van der Waals surface area contributed by atoms with Crippen LogP contribution in [-0.4, -0.2) is 23.1 Å². The molecule has 0 bridgehead atoms. The minimum atomic E-state index is -0.968. The highest BCUT2D eigenvalue weighted by Crippen LogP contribution is 2.33. The number of aryl methyl sites for hydroxylation is 1. The molecule has 0 saturated carbocycles. The van der Waals surface area contributed by atoms with Gasteiger partial charge in [0.15, 0.2) is 5.78 Å². The maximum absolute atomic E-state index is 13.2. The summed E-state index contributed by atoms with van der Waals surface area (Å²) in [6, 6.07) is 16.9. The van der Waals surface area contributed by atoms with Gasteiger partial charge in [-0.2, -0.15) is 0 Å². The molecule has 3 aromatic rings. The predicted octanol–water partition coefficient (Wildman–Crippen LogP) is 5.23. The Morgan fingerprint density at radius 2 is 1.90 bits per heavy atom. The first-order valence-electron chi connectivity index (χ1n) is 9.72. The van der Waals surface area contributed by atoms with Crippen LogP contribution in [0, 0.1) is 12.7 Å². The van der Waals surface area contributed by atoms with Crippen LogP contribution in [0.25, 0.3) is 10.4 Å². The highest BCUT2D eigenvalue weighted by atomic mass is 32.1. The van der Waals surface area contributed by atoms with Crippen molar-refractivity contribution in [3.8, 4) is 10.4 Å². The van der Waals surface area contributed by atoms with Crippen molar-refractivity contribution in [3.63, 3.8) is 0 Å². The molecule has 4 rings (SSSR count). The standard InChI is InChI=1S/C24H23FO3S/c1-14-3-4-17(22-13-21(26)24(27)15(2)28-22)11-18(14)12-20-9-10-23(29-20)16-5-7-19(25)8-6-16/h3-11,15,21-22,26H,12-13H2,1-2H3/t15-,21?,22-/m1/s1. The molecule has 150 valence electrons. The molecule has 1 aromatic heterocycles. The van der Waals surface area contributed by atoms with Gasteiger partial charge < -0.3 is 9.84 Å². The van der Waals surface area contributed by atoms with Crippen molar-refractivity contribution < 1.29 is 19.0 Å². The van der Waals surface area contributed by atoms with Crippen LogP contribution in [0.15, 0.2) is 54.6 Å². The smallest absolute Gasteiger partial charge is 0.189 e. The van der Waals surface area contributed by atoms with Crippen LogP contribution in [0.1, 0.15) is 41.0 Å². The third-order valence-corrected chi connectivity index (χ3v) is 6.57. The first-order valence-corrected chi connectivity index (χ1v) is 10.5. The summed E-state index contributed by atoms with van der Waals surface area (Å²) >= 11 is 1.70. The lowest BCUT2D eigenvalue weighted by Crippen LogP contribution is -2.39. The Morgan fingerprint density at radius 3 is 2.62 bits per heavy atom. The van der Waals surface area contributed by atoms with E-state index >= 15 is 0 Å². The maximum Gasteiger partial charge on any atom is 0.189 e. The molecule has 1 saturated heterocycles. The highest BCUT2D eigenvalue weighted by molar-refractivity contribution is 7.15. The van der Waals surface area contributed by atoms with Crippen LogP contribution in [0.5, 0.6) is 0 Å². The van der Waals surface area contributed by atoms with Crippen LogP contribution < -0.4 is 0 Å². The average molecular weight is 411 g/mol. The van der Waals surface area contributed by atoms with Gasteiger partial charge in [0.05, 0.1) is 6.10 Å². The lowest BCUT2D eigenvalue weighted by Gasteiger charge is -2.30. The Morgan fingerprint density at radius 1 is 1.14 bits per heavy atom. The SMILES string of the molecule is Cc1ccc([C@H]2CC(O)C(=O)[C@@H](C)O2)cc1Cc1ccc(-c2ccc(F)cc2)s1. The Kier molecular flexibility index (Phi) is 5.63. The Balaban J connectivity index is 1.54. The molecular weight excluding hydrogens is 387 g/mol. The first-order chi connectivity index (χ1) is 13.9. The molecule has 0 amide bonds. The van der Waals surface area contributed by atoms with Gasteiger partial charge in [0.1, 0.15) is 18.0 Å². The summed E-state index contributed by atoms with van der Waals surface area (Å²) < 4.78 is 19.0. The van der Waals surface area contributed by atoms with Gasteiger partial charge in [-0.25, -0.2) is 4.39 Å². The largest absolute Gasteiger partial charge is 0.385 e. The van der Waals surface area contributed by atoms with Crippen LogP contribution in [0.3, 0.4) is 0 Å². The van der Waals surface area contributed by atoms with E-state index in [1.54, 1.807) is 30.4 Å². The zero-order chi connectivity index (χ0) is 20.5. The van der Waals surface area contributed by atoms with Gasteiger partial charge in [-0.15, -0.1) is 11.3 Å². The van der Waals surface area contributed by atoms with Gasteiger partial charge in [-0.3, -0.25) is 4.79 Å². The average Bonchev–Trinajstić information content (AvgIpc) is 3.16. The number of aliphatic hydroxyl groups is 1. The van der Waals surface area contributed by atoms with E-state index in [4.69, 9.17) is 4.74 Å². The molecule has 2 heterocycles. The number of ether oxygens (including phenoxy) is 1. The van der Waals surface area contributed by atoms with Crippen molar-refractivity contribution in [2.24, 2.45) is 0 Å². The highest BCUT2D eigenvalue weighted by Gasteiger charge is 2.34. The maximum atomic E-state index is 13.2. The van der Waals surface area contributed by atoms with E-state index in [0.717, 1.165) is 22.4 Å². The number of carbonyl (C=O) groups is 1. The number of hydrogen-bond donors (Lipinski definition) is 1. The number of benzene rings is 2. The van der Waals surface area contributed by atoms with Crippen LogP contribution in [0.4, 0.5) is 4.39 Å². The number of carbonyl (C=O) groups excluding carboxylic acids is 1. The molecule has 1 aliphatic heterocycles. The topological polar surface area (TPSA) is 46.5 Å². The van der Waals surface area contributed by atoms with Crippen molar-refractivity contribution in [1.82, 2.24) is 0 Å². The molecule has 0 aliphatic carbocycles. The summed E-state index contributed by atoms with van der Waals surface area (Å²) in [7, 11) is 0. The lowest BCUT2D eigenvalue weighted by atomic mass is 9.93. The minimum absolute atomic E-state index is 0.232. The molecule has 1 N–H and O–H groups in total. The van der Waals surface area contributed by atoms with Gasteiger partial charge in [0.2, 0.25) is 0 Å². The second-order valence-corrected chi connectivity index (χ2v) is 8.72. The molecule has 1 fully saturated rings. The summed E-state index contributed by atoms with van der Waals surface area (Å²) in [6.07, 6.45) is -0.766. The van der Waals surface area contributed by atoms with Crippen LogP contribution >= 0.6 is 11.3 Å². The molecular formula is C24H23FO3S. The number of halogens is 1. The number of aliphatic hydroxyl groups excluding tert-OH is 1. The van der Waals surface area contributed by atoms with Crippen LogP contribution in [-0.2, 0) is 16.0 Å². The van der Waals surface area contributed by atoms with E-state index in [9.17, 15) is 14.3 Å². The van der Waals surface area contributed by atoms with E-state index in [-0.39, 0.29) is 17.7 Å². The summed E-state index contributed by atoms with van der Waals surface area (Å²) in [5, 5.41) is 10.0. The van der Waals surface area contributed by atoms with Gasteiger partial charge in [-0.1, -0.05) is 30.3 Å². The van der Waals surface area contributed by atoms with E-state index < -0.39 is 12.2 Å². The van der Waals surface area contributed by atoms with E-state index in [2.05, 4.69) is 31.2 Å². The van der Waals surface area contributed by atoms with Crippen molar-refractivity contribution in [1.29, 1.82) is 0 Å². The monoisotopic (exact) mass is 410 g/mol. The van der Waals surface area contributed by atoms with E-state index in [1.165, 1.54) is 28.1 Å². The predicted molar refractivity (Wildman–Crippen MR) is 113 cm³/mol. The molecule has 3 atom stereocenters. The fourth-order valence-electron chi connectivity index (χ4n) is 3.69. The number of hydrogen-bond acceptors (Lipinski definition) is 4. The summed E-state index contributed by atoms with van der Waals surface area (Å²) in [5.74, 6) is -0.482. The third-order valence-electron chi connectivity index (χ3n) is 5.43. The molecule has 1 aliphatic rings. The zero-order valence-corrected chi connectivity index (χ0v) is 17.2. The number of ketones is 1. The fourth-order valence-corrected chi connectivity index (χ4v) is 4.72. The molecule has 3 nitrogen and oxygen atoms in total. The van der Waals surface area contributed by atoms with Gasteiger partial charge in [0.25, 0.3) is 0 Å². The van der Waals surface area contributed by atoms with E-state index in [1.807, 2.05) is 6.07 Å². The van der Waals surface area contributed by atoms with Crippen LogP contribution in [0.2, 0.25) is 0 Å². The molecule has 2 aromatic carbocycles. The van der Waals surface area contributed by atoms with Crippen molar-refractivity contribution in [3.05, 3.63) is 82.0 Å². The number of Topliss-reactive ketones (excluding diaryl/α,β-unsaturated/α-hetero) is 1. The molecule has 5 heteroatoms. The quantitative estimate of drug-likeness (QED) is 0.640. The van der Waals surface area contributed by atoms with E-state index in [0.29, 0.717) is 6.42 Å². The second-order valence-electron chi connectivity index (χ2n) is 7.56. The Bertz CT molecular complexity index is 1010. The summed E-state index contributed by atoms with van der Waals surface area (Å²) in [4.78, 5) is 14.1. The molecule has 0 spiro atoms. The minimum Gasteiger partial charge on any atom is -0.385 e. The van der Waals surface area contributed by atoms with Gasteiger partial charge >= 0.3 is 0 Å². The van der Waals surface area contributed by atoms with Crippen molar-refractivity contribution >= 4 is 17.1 Å². The van der Waals surface area contributed by atoms with Gasteiger partial charge in [-0.05, 0) is 60.4 Å². The summed E-state index contributed by atoms with van der Waals surface area (Å²) in [5.41, 5.74) is 4.37. The molecule has 29 heavy (non-hydrogen) atoms. The third kappa shape index (κ3) is 4.32. The van der Waals surface area contributed by atoms with Gasteiger partial charge in [0, 0.05) is 22.6 Å². The zero-order valence-electron chi connectivity index (χ0n) is 16.4.